The largest absolute Gasteiger partial charge is 0.586 e. The van der Waals surface area contributed by atoms with Crippen LogP contribution in [0, 0.1) is 18.7 Å². The van der Waals surface area contributed by atoms with Crippen molar-refractivity contribution in [2.24, 2.45) is 5.92 Å². The summed E-state index contributed by atoms with van der Waals surface area (Å²) in [6, 6.07) is 9.90. The second kappa shape index (κ2) is 8.22. The number of para-hydroxylation sites is 1. The van der Waals surface area contributed by atoms with Crippen molar-refractivity contribution in [1.29, 1.82) is 0 Å². The Morgan fingerprint density at radius 1 is 1.19 bits per heavy atom. The predicted molar refractivity (Wildman–Crippen MR) is 124 cm³/mol. The first-order valence-corrected chi connectivity index (χ1v) is 12.2. The number of piperidine rings is 1. The average Bonchev–Trinajstić information content (AvgIpc) is 3.16. The molecule has 2 fully saturated rings. The number of halogens is 3. The number of carbonyl (C=O) groups is 2. The molecule has 0 spiro atoms. The summed E-state index contributed by atoms with van der Waals surface area (Å²) in [6.07, 6.45) is -2.25. The topological polar surface area (TPSA) is 80.8 Å². The molecule has 1 N–H and O–H groups in total. The summed E-state index contributed by atoms with van der Waals surface area (Å²) in [6.45, 7) is 1.93. The summed E-state index contributed by atoms with van der Waals surface area (Å²) in [5.74, 6) is -1.47. The highest BCUT2D eigenvalue weighted by Crippen LogP contribution is 2.49. The number of nitrogens with zero attached hydrogens (tertiary/aromatic N) is 2. The standard InChI is InChI=1S/C25H20F3N3O4S/c1-12-30-20(22(36-12)13-4-2-5-15(26)8-13)24(33)31-16(9-14-10-18(14)31)11-29-23(32)17-6-3-7-19-21(17)35-25(27,28)34-19/h2-8,14,16,18H,9-11H2,1H3,(H,29,32)/t14?,16-,18?/m0/s1. The van der Waals surface area contributed by atoms with Crippen molar-refractivity contribution in [2.45, 2.75) is 38.1 Å². The van der Waals surface area contributed by atoms with Gasteiger partial charge in [-0.1, -0.05) is 18.2 Å². The molecule has 1 aromatic heterocycles. The van der Waals surface area contributed by atoms with Crippen molar-refractivity contribution in [1.82, 2.24) is 15.2 Å². The molecule has 1 saturated heterocycles. The number of amides is 2. The lowest BCUT2D eigenvalue weighted by atomic mass is 10.1. The van der Waals surface area contributed by atoms with Crippen LogP contribution in [0.25, 0.3) is 10.4 Å². The van der Waals surface area contributed by atoms with Crippen LogP contribution in [0.2, 0.25) is 0 Å². The van der Waals surface area contributed by atoms with Gasteiger partial charge in [-0.25, -0.2) is 9.37 Å². The molecule has 3 heterocycles. The maximum Gasteiger partial charge on any atom is 0.586 e. The second-order valence-corrected chi connectivity index (χ2v) is 10.3. The Morgan fingerprint density at radius 2 is 2.00 bits per heavy atom. The summed E-state index contributed by atoms with van der Waals surface area (Å²) in [5, 5.41) is 3.44. The van der Waals surface area contributed by atoms with Gasteiger partial charge in [-0.05, 0) is 55.5 Å². The molecule has 0 radical (unpaired) electrons. The maximum absolute atomic E-state index is 13.9. The number of benzene rings is 2. The summed E-state index contributed by atoms with van der Waals surface area (Å²) >= 11 is 1.32. The van der Waals surface area contributed by atoms with Crippen molar-refractivity contribution >= 4 is 23.2 Å². The Balaban J connectivity index is 1.21. The van der Waals surface area contributed by atoms with Crippen LogP contribution < -0.4 is 14.8 Å². The van der Waals surface area contributed by atoms with Crippen molar-refractivity contribution in [3.8, 4) is 21.9 Å². The number of nitrogens with one attached hydrogen (secondary N) is 1. The fourth-order valence-corrected chi connectivity index (χ4v) is 5.94. The van der Waals surface area contributed by atoms with Gasteiger partial charge < -0.3 is 19.7 Å². The fraction of sp³-hybridized carbons (Fsp3) is 0.320. The first-order valence-electron chi connectivity index (χ1n) is 11.4. The monoisotopic (exact) mass is 515 g/mol. The van der Waals surface area contributed by atoms with Crippen molar-refractivity contribution in [3.63, 3.8) is 0 Å². The SMILES string of the molecule is Cc1nc(C(=O)N2C3CC3C[C@H]2CNC(=O)c2cccc3c2OC(F)(F)O3)c(-c2cccc(F)c2)s1. The third kappa shape index (κ3) is 3.97. The Labute approximate surface area is 207 Å². The van der Waals surface area contributed by atoms with E-state index in [-0.39, 0.29) is 47.3 Å². The molecular formula is C25H20F3N3O4S. The number of thiazole rings is 1. The van der Waals surface area contributed by atoms with Gasteiger partial charge in [0.15, 0.2) is 11.5 Å². The lowest BCUT2D eigenvalue weighted by molar-refractivity contribution is -0.286. The summed E-state index contributed by atoms with van der Waals surface area (Å²) < 4.78 is 49.8. The molecule has 7 nitrogen and oxygen atoms in total. The minimum atomic E-state index is -3.83. The molecule has 3 aromatic rings. The number of carbonyl (C=O) groups excluding carboxylic acids is 2. The van der Waals surface area contributed by atoms with E-state index in [2.05, 4.69) is 19.8 Å². The van der Waals surface area contributed by atoms with Gasteiger partial charge in [-0.15, -0.1) is 20.1 Å². The molecule has 11 heteroatoms. The molecule has 1 aliphatic carbocycles. The Kier molecular flexibility index (Phi) is 5.22. The van der Waals surface area contributed by atoms with Crippen LogP contribution in [-0.2, 0) is 0 Å². The molecule has 186 valence electrons. The zero-order chi connectivity index (χ0) is 25.2. The number of hydrogen-bond donors (Lipinski definition) is 1. The summed E-state index contributed by atoms with van der Waals surface area (Å²) in [4.78, 5) is 33.3. The van der Waals surface area contributed by atoms with Crippen LogP contribution in [0.3, 0.4) is 0 Å². The molecule has 1 saturated carbocycles. The van der Waals surface area contributed by atoms with Crippen LogP contribution in [0.15, 0.2) is 42.5 Å². The average molecular weight is 516 g/mol. The normalized spacial score (nSPS) is 22.9. The van der Waals surface area contributed by atoms with Crippen molar-refractivity contribution in [2.75, 3.05) is 6.54 Å². The molecule has 2 amide bonds. The smallest absolute Gasteiger partial charge is 0.395 e. The van der Waals surface area contributed by atoms with E-state index in [1.54, 1.807) is 24.0 Å². The number of aryl methyl sites for hydroxylation is 1. The predicted octanol–water partition coefficient (Wildman–Crippen LogP) is 4.61. The lowest BCUT2D eigenvalue weighted by Gasteiger charge is -2.27. The Bertz CT molecular complexity index is 1390. The van der Waals surface area contributed by atoms with E-state index in [1.807, 2.05) is 0 Å². The van der Waals surface area contributed by atoms with Crippen LogP contribution in [0.1, 0.15) is 38.7 Å². The van der Waals surface area contributed by atoms with Crippen molar-refractivity contribution in [3.05, 3.63) is 64.5 Å². The Hall–Kier alpha value is -3.60. The maximum atomic E-state index is 13.9. The van der Waals surface area contributed by atoms with E-state index in [4.69, 9.17) is 0 Å². The Morgan fingerprint density at radius 3 is 2.81 bits per heavy atom. The second-order valence-electron chi connectivity index (χ2n) is 9.10. The number of fused-ring (bicyclic) bond motifs is 2. The number of alkyl halides is 2. The van der Waals surface area contributed by atoms with E-state index in [9.17, 15) is 22.8 Å². The fourth-order valence-electron chi connectivity index (χ4n) is 5.03. The highest BCUT2D eigenvalue weighted by Gasteiger charge is 2.54. The van der Waals surface area contributed by atoms with E-state index in [0.717, 1.165) is 6.42 Å². The van der Waals surface area contributed by atoms with Gasteiger partial charge in [0.25, 0.3) is 11.8 Å². The van der Waals surface area contributed by atoms with Crippen molar-refractivity contribution < 1.29 is 32.2 Å². The van der Waals surface area contributed by atoms with Gasteiger partial charge >= 0.3 is 6.29 Å². The van der Waals surface area contributed by atoms with Crippen LogP contribution in [0.5, 0.6) is 11.5 Å². The molecule has 3 atom stereocenters. The number of rotatable bonds is 5. The lowest BCUT2D eigenvalue weighted by Crippen LogP contribution is -2.45. The van der Waals surface area contributed by atoms with Crippen LogP contribution >= 0.6 is 11.3 Å². The van der Waals surface area contributed by atoms with Gasteiger partial charge in [-0.2, -0.15) is 0 Å². The third-order valence-corrected chi connectivity index (χ3v) is 7.66. The summed E-state index contributed by atoms with van der Waals surface area (Å²) in [7, 11) is 0. The minimum Gasteiger partial charge on any atom is -0.395 e. The molecule has 2 aliphatic heterocycles. The highest BCUT2D eigenvalue weighted by atomic mass is 32.1. The zero-order valence-electron chi connectivity index (χ0n) is 19.0. The van der Waals surface area contributed by atoms with E-state index in [1.165, 1.54) is 41.7 Å². The number of ether oxygens (including phenoxy) is 2. The van der Waals surface area contributed by atoms with Crippen LogP contribution in [-0.4, -0.2) is 46.6 Å². The van der Waals surface area contributed by atoms with Gasteiger partial charge in [0.05, 0.1) is 21.5 Å². The van der Waals surface area contributed by atoms with E-state index < -0.39 is 18.0 Å². The summed E-state index contributed by atoms with van der Waals surface area (Å²) in [5.41, 5.74) is 0.771. The number of aromatic nitrogens is 1. The molecular weight excluding hydrogens is 495 g/mol. The molecule has 2 unspecified atom stereocenters. The zero-order valence-corrected chi connectivity index (χ0v) is 19.8. The first-order chi connectivity index (χ1) is 17.2. The molecule has 36 heavy (non-hydrogen) atoms. The first kappa shape index (κ1) is 22.8. The van der Waals surface area contributed by atoms with Gasteiger partial charge in [-0.3, -0.25) is 9.59 Å². The van der Waals surface area contributed by atoms with Gasteiger partial charge in [0.2, 0.25) is 0 Å². The number of hydrogen-bond acceptors (Lipinski definition) is 6. The van der Waals surface area contributed by atoms with E-state index in [0.29, 0.717) is 27.8 Å². The highest BCUT2D eigenvalue weighted by molar-refractivity contribution is 7.15. The van der Waals surface area contributed by atoms with Gasteiger partial charge in [0, 0.05) is 12.6 Å². The molecule has 3 aliphatic rings. The third-order valence-electron chi connectivity index (χ3n) is 6.64. The molecule has 6 rings (SSSR count). The van der Waals surface area contributed by atoms with E-state index >= 15 is 0 Å². The quantitative estimate of drug-likeness (QED) is 0.537. The van der Waals surface area contributed by atoms with Crippen LogP contribution in [0.4, 0.5) is 13.2 Å². The molecule has 2 aromatic carbocycles. The van der Waals surface area contributed by atoms with Gasteiger partial charge in [0.1, 0.15) is 11.5 Å². The number of likely N-dealkylation sites (tertiary alicyclic amines) is 1. The molecule has 0 bridgehead atoms. The minimum absolute atomic E-state index is 0.0539.